The molecule has 3 N–H and O–H groups in total. The molecule has 1 unspecified atom stereocenters. The van der Waals surface area contributed by atoms with Gasteiger partial charge in [-0.2, -0.15) is 0 Å². The van der Waals surface area contributed by atoms with Gasteiger partial charge in [0.1, 0.15) is 0 Å². The molecule has 0 spiro atoms. The lowest BCUT2D eigenvalue weighted by molar-refractivity contribution is 0.341. The highest BCUT2D eigenvalue weighted by molar-refractivity contribution is 5.36. The Hall–Kier alpha value is -1.64. The maximum atomic E-state index is 5.89. The van der Waals surface area contributed by atoms with Gasteiger partial charge < -0.3 is 0 Å². The first-order chi connectivity index (χ1) is 9.96. The van der Waals surface area contributed by atoms with Crippen molar-refractivity contribution in [2.24, 2.45) is 5.84 Å². The van der Waals surface area contributed by atoms with Crippen LogP contribution < -0.4 is 11.3 Å². The Bertz CT molecular complexity index is 568. The molecule has 2 aromatic carbocycles. The number of hydrogen-bond acceptors (Lipinski definition) is 2. The molecule has 0 saturated carbocycles. The Morgan fingerprint density at radius 3 is 2.05 bits per heavy atom. The van der Waals surface area contributed by atoms with Crippen LogP contribution in [-0.4, -0.2) is 6.04 Å². The zero-order valence-electron chi connectivity index (χ0n) is 13.5. The van der Waals surface area contributed by atoms with E-state index in [1.807, 2.05) is 0 Å². The second-order valence-electron chi connectivity index (χ2n) is 6.38. The van der Waals surface area contributed by atoms with Crippen molar-refractivity contribution in [3.05, 3.63) is 70.8 Å². The van der Waals surface area contributed by atoms with E-state index in [0.29, 0.717) is 0 Å². The lowest BCUT2D eigenvalue weighted by Crippen LogP contribution is -2.49. The van der Waals surface area contributed by atoms with E-state index in [-0.39, 0.29) is 11.5 Å². The summed E-state index contributed by atoms with van der Waals surface area (Å²) in [6, 6.07) is 17.2. The van der Waals surface area contributed by atoms with Gasteiger partial charge in [0.15, 0.2) is 0 Å². The quantitative estimate of drug-likeness (QED) is 0.649. The van der Waals surface area contributed by atoms with Crippen LogP contribution >= 0.6 is 0 Å². The van der Waals surface area contributed by atoms with Crippen LogP contribution in [0.4, 0.5) is 0 Å². The third kappa shape index (κ3) is 3.34. The van der Waals surface area contributed by atoms with Crippen molar-refractivity contribution in [3.8, 4) is 0 Å². The predicted octanol–water partition coefficient (Wildman–Crippen LogP) is 3.66. The Labute approximate surface area is 128 Å². The number of aryl methyl sites for hydroxylation is 2. The lowest BCUT2D eigenvalue weighted by Gasteiger charge is -2.35. The summed E-state index contributed by atoms with van der Waals surface area (Å²) in [5, 5.41) is 0. The minimum Gasteiger partial charge on any atom is -0.271 e. The van der Waals surface area contributed by atoms with Crippen LogP contribution in [0.25, 0.3) is 0 Å². The van der Waals surface area contributed by atoms with E-state index in [1.54, 1.807) is 0 Å². The summed E-state index contributed by atoms with van der Waals surface area (Å²) in [4.78, 5) is 0. The number of rotatable bonds is 5. The van der Waals surface area contributed by atoms with Gasteiger partial charge in [0.25, 0.3) is 0 Å². The van der Waals surface area contributed by atoms with E-state index in [0.717, 1.165) is 6.42 Å². The average molecular weight is 282 g/mol. The fourth-order valence-electron chi connectivity index (χ4n) is 2.97. The predicted molar refractivity (Wildman–Crippen MR) is 90.2 cm³/mol. The summed E-state index contributed by atoms with van der Waals surface area (Å²) in [5.74, 6) is 5.89. The van der Waals surface area contributed by atoms with Crippen molar-refractivity contribution >= 4 is 0 Å². The van der Waals surface area contributed by atoms with Gasteiger partial charge in [0, 0.05) is 11.5 Å². The average Bonchev–Trinajstić information content (AvgIpc) is 2.47. The molecule has 21 heavy (non-hydrogen) atoms. The smallest absolute Gasteiger partial charge is 0.0342 e. The Kier molecular flexibility index (Phi) is 4.81. The number of hydrazine groups is 1. The van der Waals surface area contributed by atoms with Gasteiger partial charge in [-0.3, -0.25) is 11.3 Å². The van der Waals surface area contributed by atoms with Crippen LogP contribution in [-0.2, 0) is 11.8 Å². The van der Waals surface area contributed by atoms with Crippen LogP contribution in [0.2, 0.25) is 0 Å². The third-order valence-electron chi connectivity index (χ3n) is 4.64. The zero-order chi connectivity index (χ0) is 15.5. The second kappa shape index (κ2) is 6.42. The van der Waals surface area contributed by atoms with E-state index >= 15 is 0 Å². The summed E-state index contributed by atoms with van der Waals surface area (Å²) < 4.78 is 0. The van der Waals surface area contributed by atoms with Crippen LogP contribution in [0.15, 0.2) is 48.5 Å². The van der Waals surface area contributed by atoms with Gasteiger partial charge in [0.2, 0.25) is 0 Å². The minimum atomic E-state index is -0.0370. The molecule has 0 heterocycles. The van der Waals surface area contributed by atoms with Crippen molar-refractivity contribution in [2.45, 2.75) is 45.6 Å². The second-order valence-corrected chi connectivity index (χ2v) is 6.38. The maximum absolute atomic E-state index is 5.89. The summed E-state index contributed by atoms with van der Waals surface area (Å²) in [5.41, 5.74) is 8.37. The molecule has 0 saturated heterocycles. The van der Waals surface area contributed by atoms with E-state index in [1.165, 1.54) is 22.3 Å². The highest BCUT2D eigenvalue weighted by atomic mass is 15.2. The Morgan fingerprint density at radius 1 is 0.952 bits per heavy atom. The summed E-state index contributed by atoms with van der Waals surface area (Å²) in [6.07, 6.45) is 0.927. The van der Waals surface area contributed by atoms with Gasteiger partial charge in [-0.25, -0.2) is 0 Å². The SMILES string of the molecule is Cc1cccc(C)c1CC(NN)C(C)(C)c1ccccc1. The highest BCUT2D eigenvalue weighted by Gasteiger charge is 2.31. The van der Waals surface area contributed by atoms with Crippen molar-refractivity contribution in [1.82, 2.24) is 5.43 Å². The topological polar surface area (TPSA) is 38.0 Å². The molecule has 0 fully saturated rings. The van der Waals surface area contributed by atoms with Crippen molar-refractivity contribution in [3.63, 3.8) is 0 Å². The van der Waals surface area contributed by atoms with Crippen LogP contribution in [0, 0.1) is 13.8 Å². The molecular weight excluding hydrogens is 256 g/mol. The van der Waals surface area contributed by atoms with E-state index in [4.69, 9.17) is 5.84 Å². The largest absolute Gasteiger partial charge is 0.271 e. The molecule has 112 valence electrons. The van der Waals surface area contributed by atoms with Gasteiger partial charge in [-0.15, -0.1) is 0 Å². The van der Waals surface area contributed by atoms with Gasteiger partial charge in [0.05, 0.1) is 0 Å². The normalized spacial score (nSPS) is 13.2. The number of nitrogens with one attached hydrogen (secondary N) is 1. The highest BCUT2D eigenvalue weighted by Crippen LogP contribution is 2.30. The Morgan fingerprint density at radius 2 is 1.52 bits per heavy atom. The lowest BCUT2D eigenvalue weighted by atomic mass is 9.75. The molecule has 2 heteroatoms. The monoisotopic (exact) mass is 282 g/mol. The van der Waals surface area contributed by atoms with Gasteiger partial charge >= 0.3 is 0 Å². The summed E-state index contributed by atoms with van der Waals surface area (Å²) in [7, 11) is 0. The number of benzene rings is 2. The number of nitrogens with two attached hydrogens (primary N) is 1. The van der Waals surface area contributed by atoms with E-state index in [9.17, 15) is 0 Å². The molecule has 0 aliphatic carbocycles. The molecule has 2 rings (SSSR count). The van der Waals surface area contributed by atoms with Crippen LogP contribution in [0.1, 0.15) is 36.1 Å². The zero-order valence-corrected chi connectivity index (χ0v) is 13.5. The molecule has 0 bridgehead atoms. The molecular formula is C19H26N2. The molecule has 1 atom stereocenters. The Balaban J connectivity index is 2.32. The maximum Gasteiger partial charge on any atom is 0.0342 e. The molecule has 2 aromatic rings. The molecule has 0 aliphatic heterocycles. The van der Waals surface area contributed by atoms with Crippen molar-refractivity contribution < 1.29 is 0 Å². The summed E-state index contributed by atoms with van der Waals surface area (Å²) >= 11 is 0. The first-order valence-corrected chi connectivity index (χ1v) is 7.53. The van der Waals surface area contributed by atoms with Gasteiger partial charge in [-0.05, 0) is 42.5 Å². The van der Waals surface area contributed by atoms with Crippen LogP contribution in [0.5, 0.6) is 0 Å². The minimum absolute atomic E-state index is 0.0370. The first kappa shape index (κ1) is 15.7. The molecule has 0 aliphatic rings. The van der Waals surface area contributed by atoms with Gasteiger partial charge in [-0.1, -0.05) is 62.4 Å². The number of hydrogen-bond donors (Lipinski definition) is 2. The van der Waals surface area contributed by atoms with Crippen molar-refractivity contribution in [1.29, 1.82) is 0 Å². The molecule has 0 aromatic heterocycles. The standard InChI is InChI=1S/C19H26N2/c1-14-9-8-10-15(2)17(14)13-18(21-20)19(3,4)16-11-6-5-7-12-16/h5-12,18,21H,13,20H2,1-4H3. The molecule has 2 nitrogen and oxygen atoms in total. The molecule has 0 amide bonds. The summed E-state index contributed by atoms with van der Waals surface area (Å²) in [6.45, 7) is 8.85. The fourth-order valence-corrected chi connectivity index (χ4v) is 2.97. The van der Waals surface area contributed by atoms with E-state index < -0.39 is 0 Å². The van der Waals surface area contributed by atoms with Crippen molar-refractivity contribution in [2.75, 3.05) is 0 Å². The fraction of sp³-hybridized carbons (Fsp3) is 0.368. The first-order valence-electron chi connectivity index (χ1n) is 7.53. The molecule has 0 radical (unpaired) electrons. The van der Waals surface area contributed by atoms with E-state index in [2.05, 4.69) is 81.7 Å². The third-order valence-corrected chi connectivity index (χ3v) is 4.64. The van der Waals surface area contributed by atoms with Crippen LogP contribution in [0.3, 0.4) is 0 Å².